The van der Waals surface area contributed by atoms with Crippen LogP contribution in [0.5, 0.6) is 0 Å². The summed E-state index contributed by atoms with van der Waals surface area (Å²) in [4.78, 5) is 38.3. The fourth-order valence-electron chi connectivity index (χ4n) is 4.24. The van der Waals surface area contributed by atoms with Crippen LogP contribution in [0.25, 0.3) is 0 Å². The highest BCUT2D eigenvalue weighted by Crippen LogP contribution is 2.21. The van der Waals surface area contributed by atoms with Crippen molar-refractivity contribution in [3.05, 3.63) is 59.8 Å². The van der Waals surface area contributed by atoms with Crippen molar-refractivity contribution in [1.82, 2.24) is 35.3 Å². The predicted octanol–water partition coefficient (Wildman–Crippen LogP) is 1.93. The molecule has 3 aromatic rings. The Kier molecular flexibility index (Phi) is 11.0. The predicted molar refractivity (Wildman–Crippen MR) is 163 cm³/mol. The molecule has 0 aliphatic carbocycles. The third-order valence-corrected chi connectivity index (χ3v) is 6.36. The highest BCUT2D eigenvalue weighted by atomic mass is 16.5. The van der Waals surface area contributed by atoms with Gasteiger partial charge in [0.1, 0.15) is 17.7 Å². The molecule has 1 aliphatic rings. The van der Waals surface area contributed by atoms with E-state index in [0.29, 0.717) is 62.6 Å². The van der Waals surface area contributed by atoms with Gasteiger partial charge in [0.15, 0.2) is 5.82 Å². The van der Waals surface area contributed by atoms with E-state index in [1.807, 2.05) is 56.3 Å². The number of aromatic amines is 1. The lowest BCUT2D eigenvalue weighted by Crippen LogP contribution is -2.56. The van der Waals surface area contributed by atoms with Gasteiger partial charge >= 0.3 is 0 Å². The number of nitriles is 1. The molecule has 1 saturated heterocycles. The molecule has 1 fully saturated rings. The molecule has 5 N–H and O–H groups in total. The van der Waals surface area contributed by atoms with E-state index >= 15 is 0 Å². The van der Waals surface area contributed by atoms with Crippen molar-refractivity contribution in [2.45, 2.75) is 19.4 Å². The minimum absolute atomic E-state index is 0.145. The van der Waals surface area contributed by atoms with Crippen molar-refractivity contribution in [2.75, 3.05) is 69.4 Å². The third-order valence-electron chi connectivity index (χ3n) is 6.36. The summed E-state index contributed by atoms with van der Waals surface area (Å²) in [7, 11) is 3.84. The second-order valence-electron chi connectivity index (χ2n) is 10.2. The summed E-state index contributed by atoms with van der Waals surface area (Å²) in [5, 5.41) is 28.5. The Morgan fingerprint density at radius 2 is 1.93 bits per heavy atom. The fraction of sp³-hybridized carbons (Fsp3) is 0.379. The Morgan fingerprint density at radius 1 is 1.14 bits per heavy atom. The number of amides is 2. The van der Waals surface area contributed by atoms with Gasteiger partial charge in [0.05, 0.1) is 25.7 Å². The van der Waals surface area contributed by atoms with Crippen molar-refractivity contribution in [3.8, 4) is 6.07 Å². The maximum absolute atomic E-state index is 13.0. The molecule has 43 heavy (non-hydrogen) atoms. The molecule has 0 bridgehead atoms. The number of morpholine rings is 1. The van der Waals surface area contributed by atoms with Gasteiger partial charge in [-0.1, -0.05) is 18.2 Å². The first kappa shape index (κ1) is 30.9. The standard InChI is InChI=1S/C29H37N11O3/c1-20-17-26(38-37-20)34-25-18-24(35-29(36-25)33-22-8-6-21(7-9-22)10-11-30)31-12-13-32-28(42)23-19-43-16-15-40(23)27(41)5-4-14-39(2)3/h4-9,17-18,23H,10,12-16,19H2,1-3H3,(H,32,42)(H4,31,33,34,35,36,37,38)/b5-4+/t23-/m0/s1. The van der Waals surface area contributed by atoms with Crippen LogP contribution in [0, 0.1) is 18.3 Å². The van der Waals surface area contributed by atoms with Gasteiger partial charge < -0.3 is 35.8 Å². The number of carbonyl (C=O) groups is 2. The summed E-state index contributed by atoms with van der Waals surface area (Å²) < 4.78 is 5.49. The quantitative estimate of drug-likeness (QED) is 0.146. The highest BCUT2D eigenvalue weighted by molar-refractivity contribution is 5.93. The molecule has 1 atom stereocenters. The number of benzene rings is 1. The van der Waals surface area contributed by atoms with Crippen LogP contribution >= 0.6 is 0 Å². The van der Waals surface area contributed by atoms with Crippen LogP contribution < -0.4 is 21.3 Å². The van der Waals surface area contributed by atoms with Gasteiger partial charge in [-0.25, -0.2) is 0 Å². The number of carbonyl (C=O) groups excluding carboxylic acids is 2. The minimum atomic E-state index is -0.701. The Bertz CT molecular complexity index is 1450. The van der Waals surface area contributed by atoms with Crippen molar-refractivity contribution in [1.29, 1.82) is 5.26 Å². The number of H-pyrrole nitrogens is 1. The van der Waals surface area contributed by atoms with Gasteiger partial charge in [0.2, 0.25) is 17.8 Å². The summed E-state index contributed by atoms with van der Waals surface area (Å²) in [6, 6.07) is 12.5. The largest absolute Gasteiger partial charge is 0.377 e. The molecule has 2 aromatic heterocycles. The summed E-state index contributed by atoms with van der Waals surface area (Å²) in [5.41, 5.74) is 2.57. The Morgan fingerprint density at radius 3 is 2.65 bits per heavy atom. The average Bonchev–Trinajstić information content (AvgIpc) is 3.40. The molecule has 14 nitrogen and oxygen atoms in total. The molecular weight excluding hydrogens is 550 g/mol. The van der Waals surface area contributed by atoms with Crippen LogP contribution in [0.1, 0.15) is 11.3 Å². The van der Waals surface area contributed by atoms with Gasteiger partial charge in [0.25, 0.3) is 0 Å². The molecule has 0 saturated carbocycles. The van der Waals surface area contributed by atoms with Crippen LogP contribution in [0.2, 0.25) is 0 Å². The SMILES string of the molecule is Cc1cc(Nc2cc(NCCNC(=O)[C@@H]3COCCN3C(=O)/C=C/CN(C)C)nc(Nc3ccc(CC#N)cc3)n2)n[nH]1. The summed E-state index contributed by atoms with van der Waals surface area (Å²) in [5.74, 6) is 1.48. The van der Waals surface area contributed by atoms with Gasteiger partial charge in [0, 0.05) is 55.8 Å². The van der Waals surface area contributed by atoms with Gasteiger partial charge in [-0.05, 0) is 38.7 Å². The molecule has 226 valence electrons. The highest BCUT2D eigenvalue weighted by Gasteiger charge is 2.31. The number of hydrogen-bond donors (Lipinski definition) is 5. The lowest BCUT2D eigenvalue weighted by atomic mass is 10.1. The van der Waals surface area contributed by atoms with Crippen LogP contribution in [-0.4, -0.2) is 101 Å². The number of aromatic nitrogens is 4. The number of anilines is 5. The second kappa shape index (κ2) is 15.3. The Balaban J connectivity index is 1.37. The zero-order valence-electron chi connectivity index (χ0n) is 24.6. The lowest BCUT2D eigenvalue weighted by molar-refractivity contribution is -0.145. The summed E-state index contributed by atoms with van der Waals surface area (Å²) in [6.07, 6.45) is 3.62. The molecule has 1 aromatic carbocycles. The first-order valence-electron chi connectivity index (χ1n) is 13.9. The molecule has 4 rings (SSSR count). The van der Waals surface area contributed by atoms with Crippen molar-refractivity contribution < 1.29 is 14.3 Å². The summed E-state index contributed by atoms with van der Waals surface area (Å²) in [6.45, 7) is 4.08. The molecule has 0 radical (unpaired) electrons. The van der Waals surface area contributed by atoms with E-state index in [1.54, 1.807) is 17.0 Å². The maximum Gasteiger partial charge on any atom is 0.247 e. The monoisotopic (exact) mass is 587 g/mol. The minimum Gasteiger partial charge on any atom is -0.377 e. The number of likely N-dealkylation sites (N-methyl/N-ethyl adjacent to an activating group) is 1. The number of rotatable bonds is 13. The van der Waals surface area contributed by atoms with Crippen LogP contribution in [0.15, 0.2) is 48.6 Å². The third kappa shape index (κ3) is 9.52. The summed E-state index contributed by atoms with van der Waals surface area (Å²) >= 11 is 0. The number of hydrogen-bond acceptors (Lipinski definition) is 11. The molecule has 3 heterocycles. The first-order chi connectivity index (χ1) is 20.8. The molecule has 0 spiro atoms. The lowest BCUT2D eigenvalue weighted by Gasteiger charge is -2.33. The van der Waals surface area contributed by atoms with Crippen molar-refractivity contribution in [3.63, 3.8) is 0 Å². The van der Waals surface area contributed by atoms with E-state index < -0.39 is 6.04 Å². The topological polar surface area (TPSA) is 176 Å². The molecular formula is C29H37N11O3. The molecule has 14 heteroatoms. The van der Waals surface area contributed by atoms with Crippen molar-refractivity contribution in [2.24, 2.45) is 0 Å². The van der Waals surface area contributed by atoms with Gasteiger partial charge in [-0.3, -0.25) is 14.7 Å². The smallest absolute Gasteiger partial charge is 0.247 e. The van der Waals surface area contributed by atoms with E-state index in [0.717, 1.165) is 16.9 Å². The second-order valence-corrected chi connectivity index (χ2v) is 10.2. The maximum atomic E-state index is 13.0. The van der Waals surface area contributed by atoms with E-state index in [-0.39, 0.29) is 18.4 Å². The van der Waals surface area contributed by atoms with Gasteiger partial charge in [-0.2, -0.15) is 20.3 Å². The van der Waals surface area contributed by atoms with Crippen LogP contribution in [0.4, 0.5) is 29.1 Å². The molecule has 1 aliphatic heterocycles. The fourth-order valence-corrected chi connectivity index (χ4v) is 4.24. The number of ether oxygens (including phenoxy) is 1. The van der Waals surface area contributed by atoms with E-state index in [2.05, 4.69) is 47.5 Å². The number of aryl methyl sites for hydroxylation is 1. The van der Waals surface area contributed by atoms with E-state index in [4.69, 9.17) is 10.00 Å². The zero-order chi connectivity index (χ0) is 30.6. The number of nitrogens with one attached hydrogen (secondary N) is 5. The normalized spacial score (nSPS) is 14.9. The van der Waals surface area contributed by atoms with Gasteiger partial charge in [-0.15, -0.1) is 0 Å². The van der Waals surface area contributed by atoms with Crippen LogP contribution in [0.3, 0.4) is 0 Å². The van der Waals surface area contributed by atoms with Crippen LogP contribution in [-0.2, 0) is 20.7 Å². The Labute approximate surface area is 250 Å². The number of nitrogens with zero attached hydrogens (tertiary/aromatic N) is 6. The zero-order valence-corrected chi connectivity index (χ0v) is 24.6. The van der Waals surface area contributed by atoms with E-state index in [1.165, 1.54) is 6.08 Å². The molecule has 2 amide bonds. The van der Waals surface area contributed by atoms with Crippen molar-refractivity contribution >= 4 is 40.9 Å². The Hall–Kier alpha value is -5.00. The first-order valence-corrected chi connectivity index (χ1v) is 13.9. The van der Waals surface area contributed by atoms with E-state index in [9.17, 15) is 9.59 Å². The average molecular weight is 588 g/mol. The molecule has 0 unspecified atom stereocenters.